The number of nitrogens with one attached hydrogen (secondary N) is 1. The summed E-state index contributed by atoms with van der Waals surface area (Å²) < 4.78 is 0. The lowest BCUT2D eigenvalue weighted by atomic mass is 10.1. The van der Waals surface area contributed by atoms with Crippen molar-refractivity contribution >= 4 is 11.8 Å². The molecule has 1 aliphatic heterocycles. The van der Waals surface area contributed by atoms with Gasteiger partial charge in [-0.1, -0.05) is 6.92 Å². The summed E-state index contributed by atoms with van der Waals surface area (Å²) in [7, 11) is 2.28. The Kier molecular flexibility index (Phi) is 6.65. The summed E-state index contributed by atoms with van der Waals surface area (Å²) in [5.74, 6) is 2.54. The fraction of sp³-hybridized carbons (Fsp3) is 1.00. The monoisotopic (exact) mass is 216 g/mol. The first-order valence-electron chi connectivity index (χ1n) is 5.83. The van der Waals surface area contributed by atoms with Crippen LogP contribution in [0.15, 0.2) is 0 Å². The van der Waals surface area contributed by atoms with Crippen molar-refractivity contribution in [3.8, 4) is 0 Å². The summed E-state index contributed by atoms with van der Waals surface area (Å²) in [4.78, 5) is 2.55. The van der Waals surface area contributed by atoms with Gasteiger partial charge in [0.2, 0.25) is 0 Å². The second kappa shape index (κ2) is 7.55. The van der Waals surface area contributed by atoms with Gasteiger partial charge in [-0.05, 0) is 45.2 Å². The molecule has 1 saturated heterocycles. The van der Waals surface area contributed by atoms with Gasteiger partial charge < -0.3 is 10.2 Å². The van der Waals surface area contributed by atoms with Gasteiger partial charge in [-0.3, -0.25) is 0 Å². The molecule has 3 heteroatoms. The average Bonchev–Trinajstić information content (AvgIpc) is 2.46. The molecule has 1 atom stereocenters. The van der Waals surface area contributed by atoms with Crippen molar-refractivity contribution < 1.29 is 0 Å². The van der Waals surface area contributed by atoms with Crippen molar-refractivity contribution in [3.05, 3.63) is 0 Å². The van der Waals surface area contributed by atoms with E-state index in [1.165, 1.54) is 50.4 Å². The number of nitrogens with zero attached hydrogens (tertiary/aromatic N) is 1. The van der Waals surface area contributed by atoms with Gasteiger partial charge in [0, 0.05) is 18.3 Å². The number of rotatable bonds is 5. The van der Waals surface area contributed by atoms with Crippen LogP contribution in [0.4, 0.5) is 0 Å². The molecule has 0 bridgehead atoms. The molecule has 0 aromatic rings. The molecule has 0 radical (unpaired) electrons. The molecular weight excluding hydrogens is 192 g/mol. The van der Waals surface area contributed by atoms with Crippen molar-refractivity contribution in [1.82, 2.24) is 10.2 Å². The lowest BCUT2D eigenvalue weighted by molar-refractivity contribution is 0.237. The van der Waals surface area contributed by atoms with Crippen LogP contribution in [0.2, 0.25) is 0 Å². The Hall–Kier alpha value is 0.270. The highest BCUT2D eigenvalue weighted by molar-refractivity contribution is 7.99. The van der Waals surface area contributed by atoms with Crippen LogP contribution >= 0.6 is 11.8 Å². The molecular formula is C11H24N2S. The van der Waals surface area contributed by atoms with Crippen LogP contribution in [-0.2, 0) is 0 Å². The van der Waals surface area contributed by atoms with Crippen LogP contribution in [0.1, 0.15) is 26.2 Å². The van der Waals surface area contributed by atoms with Gasteiger partial charge in [-0.2, -0.15) is 11.8 Å². The fourth-order valence-electron chi connectivity index (χ4n) is 1.98. The van der Waals surface area contributed by atoms with Crippen molar-refractivity contribution in [2.24, 2.45) is 0 Å². The maximum Gasteiger partial charge on any atom is 0.0105 e. The summed E-state index contributed by atoms with van der Waals surface area (Å²) in [5.41, 5.74) is 0. The zero-order valence-electron chi connectivity index (χ0n) is 9.59. The van der Waals surface area contributed by atoms with Gasteiger partial charge in [0.25, 0.3) is 0 Å². The summed E-state index contributed by atoms with van der Waals surface area (Å²) in [6.45, 7) is 5.91. The number of hydrogen-bond acceptors (Lipinski definition) is 3. The van der Waals surface area contributed by atoms with Gasteiger partial charge >= 0.3 is 0 Å². The van der Waals surface area contributed by atoms with E-state index in [1.54, 1.807) is 0 Å². The Morgan fingerprint density at radius 3 is 3.00 bits per heavy atom. The van der Waals surface area contributed by atoms with E-state index >= 15 is 0 Å². The molecule has 0 spiro atoms. The minimum Gasteiger partial charge on any atom is -0.317 e. The second-order valence-corrected chi connectivity index (χ2v) is 5.41. The van der Waals surface area contributed by atoms with E-state index < -0.39 is 0 Å². The van der Waals surface area contributed by atoms with E-state index in [0.29, 0.717) is 0 Å². The quantitative estimate of drug-likeness (QED) is 0.706. The van der Waals surface area contributed by atoms with Crippen LogP contribution in [0.3, 0.4) is 0 Å². The summed E-state index contributed by atoms with van der Waals surface area (Å²) in [5, 5.41) is 3.47. The lowest BCUT2D eigenvalue weighted by Gasteiger charge is -2.26. The first kappa shape index (κ1) is 12.3. The van der Waals surface area contributed by atoms with Crippen LogP contribution in [0, 0.1) is 0 Å². The molecule has 0 amide bonds. The van der Waals surface area contributed by atoms with Crippen molar-refractivity contribution in [3.63, 3.8) is 0 Å². The maximum absolute atomic E-state index is 3.47. The van der Waals surface area contributed by atoms with Gasteiger partial charge in [0.05, 0.1) is 0 Å². The zero-order chi connectivity index (χ0) is 10.2. The summed E-state index contributed by atoms with van der Waals surface area (Å²) >= 11 is 2.05. The van der Waals surface area contributed by atoms with E-state index in [-0.39, 0.29) is 0 Å². The molecule has 1 rings (SSSR count). The second-order valence-electron chi connectivity index (χ2n) is 4.01. The maximum atomic E-state index is 3.47. The van der Waals surface area contributed by atoms with Crippen molar-refractivity contribution in [1.29, 1.82) is 0 Å². The third-order valence-electron chi connectivity index (χ3n) is 2.96. The Labute approximate surface area is 92.8 Å². The molecule has 2 nitrogen and oxygen atoms in total. The van der Waals surface area contributed by atoms with Crippen LogP contribution in [-0.4, -0.2) is 49.1 Å². The molecule has 0 aromatic carbocycles. The van der Waals surface area contributed by atoms with Crippen LogP contribution < -0.4 is 5.32 Å². The van der Waals surface area contributed by atoms with E-state index in [1.807, 2.05) is 11.8 Å². The highest BCUT2D eigenvalue weighted by Crippen LogP contribution is 2.12. The molecule has 1 fully saturated rings. The summed E-state index contributed by atoms with van der Waals surface area (Å²) in [6, 6.07) is 0.822. The normalized spacial score (nSPS) is 23.8. The molecule has 0 aromatic heterocycles. The molecule has 14 heavy (non-hydrogen) atoms. The molecule has 1 aliphatic rings. The predicted octanol–water partition coefficient (Wildman–Crippen LogP) is 1.81. The molecule has 1 unspecified atom stereocenters. The average molecular weight is 216 g/mol. The first-order chi connectivity index (χ1) is 6.84. The van der Waals surface area contributed by atoms with Crippen LogP contribution in [0.5, 0.6) is 0 Å². The third kappa shape index (κ3) is 4.67. The molecule has 0 aliphatic carbocycles. The topological polar surface area (TPSA) is 15.3 Å². The SMILES string of the molecule is CCSCCN(C)C1CCCNCC1. The Morgan fingerprint density at radius 2 is 2.21 bits per heavy atom. The highest BCUT2D eigenvalue weighted by Gasteiger charge is 2.15. The third-order valence-corrected chi connectivity index (χ3v) is 3.84. The largest absolute Gasteiger partial charge is 0.317 e. The Balaban J connectivity index is 2.16. The van der Waals surface area contributed by atoms with Gasteiger partial charge in [-0.25, -0.2) is 0 Å². The van der Waals surface area contributed by atoms with Gasteiger partial charge in [-0.15, -0.1) is 0 Å². The van der Waals surface area contributed by atoms with Crippen molar-refractivity contribution in [2.45, 2.75) is 32.2 Å². The lowest BCUT2D eigenvalue weighted by Crippen LogP contribution is -2.34. The summed E-state index contributed by atoms with van der Waals surface area (Å²) in [6.07, 6.45) is 4.05. The van der Waals surface area contributed by atoms with E-state index in [9.17, 15) is 0 Å². The van der Waals surface area contributed by atoms with Crippen LogP contribution in [0.25, 0.3) is 0 Å². The van der Waals surface area contributed by atoms with E-state index in [0.717, 1.165) is 6.04 Å². The Bertz CT molecular complexity index is 133. The number of hydrogen-bond donors (Lipinski definition) is 1. The van der Waals surface area contributed by atoms with E-state index in [4.69, 9.17) is 0 Å². The smallest absolute Gasteiger partial charge is 0.0105 e. The van der Waals surface area contributed by atoms with Gasteiger partial charge in [0.1, 0.15) is 0 Å². The van der Waals surface area contributed by atoms with Gasteiger partial charge in [0.15, 0.2) is 0 Å². The zero-order valence-corrected chi connectivity index (χ0v) is 10.4. The standard InChI is InChI=1S/C11H24N2S/c1-3-14-10-9-13(2)11-5-4-7-12-8-6-11/h11-12H,3-10H2,1-2H3. The minimum absolute atomic E-state index is 0.822. The molecule has 84 valence electrons. The van der Waals surface area contributed by atoms with E-state index in [2.05, 4.69) is 24.2 Å². The fourth-order valence-corrected chi connectivity index (χ4v) is 2.68. The first-order valence-corrected chi connectivity index (χ1v) is 6.98. The molecule has 0 saturated carbocycles. The molecule has 1 heterocycles. The minimum atomic E-state index is 0.822. The Morgan fingerprint density at radius 1 is 1.36 bits per heavy atom. The predicted molar refractivity (Wildman–Crippen MR) is 66.1 cm³/mol. The molecule has 1 N–H and O–H groups in total. The highest BCUT2D eigenvalue weighted by atomic mass is 32.2. The van der Waals surface area contributed by atoms with Crippen molar-refractivity contribution in [2.75, 3.05) is 38.2 Å². The number of thioether (sulfide) groups is 1.